The average Bonchev–Trinajstić information content (AvgIpc) is 3.01. The lowest BCUT2D eigenvalue weighted by molar-refractivity contribution is 0.313. The summed E-state index contributed by atoms with van der Waals surface area (Å²) >= 11 is 3.51. The van der Waals surface area contributed by atoms with Gasteiger partial charge in [0.2, 0.25) is 0 Å². The van der Waals surface area contributed by atoms with E-state index in [2.05, 4.69) is 35.8 Å². The van der Waals surface area contributed by atoms with Crippen molar-refractivity contribution < 1.29 is 9.47 Å². The summed E-state index contributed by atoms with van der Waals surface area (Å²) in [7, 11) is 0. The van der Waals surface area contributed by atoms with E-state index in [1.54, 1.807) is 0 Å². The van der Waals surface area contributed by atoms with Crippen molar-refractivity contribution in [2.24, 2.45) is 0 Å². The number of hydrogen-bond acceptors (Lipinski definition) is 2. The quantitative estimate of drug-likeness (QED) is 0.742. The zero-order valence-corrected chi connectivity index (χ0v) is 12.0. The summed E-state index contributed by atoms with van der Waals surface area (Å²) in [5, 5.41) is 0. The Labute approximate surface area is 111 Å². The highest BCUT2D eigenvalue weighted by molar-refractivity contribution is 9.10. The Morgan fingerprint density at radius 3 is 2.82 bits per heavy atom. The third-order valence-electron chi connectivity index (χ3n) is 3.02. The molecule has 0 aromatic heterocycles. The van der Waals surface area contributed by atoms with Crippen LogP contribution in [-0.4, -0.2) is 18.8 Å². The minimum atomic E-state index is 0.446. The maximum atomic E-state index is 5.76. The Kier molecular flexibility index (Phi) is 4.46. The van der Waals surface area contributed by atoms with E-state index in [9.17, 15) is 0 Å². The normalized spacial score (nSPS) is 22.5. The maximum Gasteiger partial charge on any atom is 0.122 e. The summed E-state index contributed by atoms with van der Waals surface area (Å²) in [5.41, 5.74) is 1.27. The van der Waals surface area contributed by atoms with Crippen molar-refractivity contribution in [1.29, 1.82) is 0 Å². The van der Waals surface area contributed by atoms with Gasteiger partial charge in [0.05, 0.1) is 18.8 Å². The molecule has 1 heterocycles. The maximum absolute atomic E-state index is 5.76. The smallest absolute Gasteiger partial charge is 0.122 e. The van der Waals surface area contributed by atoms with E-state index in [1.807, 2.05) is 12.1 Å². The molecule has 1 fully saturated rings. The summed E-state index contributed by atoms with van der Waals surface area (Å²) in [5.74, 6) is 1.02. The van der Waals surface area contributed by atoms with E-state index >= 15 is 0 Å². The van der Waals surface area contributed by atoms with E-state index < -0.39 is 0 Å². The number of aryl methyl sites for hydroxylation is 1. The fourth-order valence-electron chi connectivity index (χ4n) is 1.93. The average molecular weight is 299 g/mol. The van der Waals surface area contributed by atoms with Crippen molar-refractivity contribution >= 4 is 15.9 Å². The van der Waals surface area contributed by atoms with Crippen LogP contribution in [-0.2, 0) is 11.2 Å². The molecular formula is C14H19BrO2. The third kappa shape index (κ3) is 3.71. The summed E-state index contributed by atoms with van der Waals surface area (Å²) < 4.78 is 12.3. The van der Waals surface area contributed by atoms with E-state index in [-0.39, 0.29) is 0 Å². The van der Waals surface area contributed by atoms with Crippen LogP contribution in [0.1, 0.15) is 32.3 Å². The zero-order valence-electron chi connectivity index (χ0n) is 10.4. The minimum Gasteiger partial charge on any atom is -0.493 e. The highest BCUT2D eigenvalue weighted by Gasteiger charge is 2.33. The van der Waals surface area contributed by atoms with Gasteiger partial charge in [-0.3, -0.25) is 0 Å². The second-order valence-electron chi connectivity index (χ2n) is 4.52. The summed E-state index contributed by atoms with van der Waals surface area (Å²) in [4.78, 5) is 0. The predicted octanol–water partition coefficient (Wildman–Crippen LogP) is 3.96. The molecule has 1 aliphatic rings. The molecule has 2 rings (SSSR count). The lowest BCUT2D eigenvalue weighted by Gasteiger charge is -2.11. The van der Waals surface area contributed by atoms with Crippen molar-refractivity contribution in [3.8, 4) is 5.75 Å². The molecule has 1 aliphatic heterocycles. The predicted molar refractivity (Wildman–Crippen MR) is 72.6 cm³/mol. The van der Waals surface area contributed by atoms with Crippen LogP contribution in [0, 0.1) is 0 Å². The number of hydrogen-bond donors (Lipinski definition) is 0. The molecule has 0 amide bonds. The van der Waals surface area contributed by atoms with Gasteiger partial charge >= 0.3 is 0 Å². The monoisotopic (exact) mass is 298 g/mol. The van der Waals surface area contributed by atoms with Crippen LogP contribution in [0.5, 0.6) is 5.75 Å². The van der Waals surface area contributed by atoms with Crippen molar-refractivity contribution in [2.45, 2.75) is 45.3 Å². The fraction of sp³-hybridized carbons (Fsp3) is 0.571. The van der Waals surface area contributed by atoms with Gasteiger partial charge in [0.1, 0.15) is 5.75 Å². The van der Waals surface area contributed by atoms with Crippen molar-refractivity contribution in [3.63, 3.8) is 0 Å². The highest BCUT2D eigenvalue weighted by atomic mass is 79.9. The number of halogens is 1. The van der Waals surface area contributed by atoms with E-state index in [4.69, 9.17) is 9.47 Å². The van der Waals surface area contributed by atoms with Gasteiger partial charge in [-0.15, -0.1) is 0 Å². The van der Waals surface area contributed by atoms with Crippen molar-refractivity contribution in [2.75, 3.05) is 6.61 Å². The largest absolute Gasteiger partial charge is 0.493 e. The number of epoxide rings is 1. The highest BCUT2D eigenvalue weighted by Crippen LogP contribution is 2.30. The molecule has 0 bridgehead atoms. The number of benzene rings is 1. The van der Waals surface area contributed by atoms with Crippen LogP contribution >= 0.6 is 15.9 Å². The van der Waals surface area contributed by atoms with E-state index in [0.29, 0.717) is 12.2 Å². The number of rotatable bonds is 6. The van der Waals surface area contributed by atoms with Crippen molar-refractivity contribution in [1.82, 2.24) is 0 Å². The van der Waals surface area contributed by atoms with Gasteiger partial charge < -0.3 is 9.47 Å². The Morgan fingerprint density at radius 1 is 1.41 bits per heavy atom. The van der Waals surface area contributed by atoms with Gasteiger partial charge in [-0.1, -0.05) is 22.9 Å². The molecule has 2 nitrogen and oxygen atoms in total. The molecule has 3 heteroatoms. The first kappa shape index (κ1) is 12.9. The molecule has 2 unspecified atom stereocenters. The standard InChI is InChI=1S/C14H19BrO2/c1-3-8-16-14-7-5-12(15)9-11(14)4-6-13-10(2)17-13/h5,7,9-10,13H,3-4,6,8H2,1-2H3. The molecule has 0 saturated carbocycles. The van der Waals surface area contributed by atoms with Crippen LogP contribution in [0.4, 0.5) is 0 Å². The van der Waals surface area contributed by atoms with Gasteiger partial charge in [0.15, 0.2) is 0 Å². The van der Waals surface area contributed by atoms with Gasteiger partial charge in [-0.05, 0) is 49.9 Å². The molecule has 0 spiro atoms. The summed E-state index contributed by atoms with van der Waals surface area (Å²) in [6.07, 6.45) is 4.04. The second kappa shape index (κ2) is 5.87. The Morgan fingerprint density at radius 2 is 2.18 bits per heavy atom. The Balaban J connectivity index is 1.98. The van der Waals surface area contributed by atoms with E-state index in [1.165, 1.54) is 5.56 Å². The first-order valence-electron chi connectivity index (χ1n) is 6.27. The molecular weight excluding hydrogens is 280 g/mol. The lowest BCUT2D eigenvalue weighted by atomic mass is 10.1. The summed E-state index contributed by atoms with van der Waals surface area (Å²) in [6, 6.07) is 6.23. The Hall–Kier alpha value is -0.540. The van der Waals surface area contributed by atoms with Crippen LogP contribution < -0.4 is 4.74 Å². The molecule has 94 valence electrons. The van der Waals surface area contributed by atoms with E-state index in [0.717, 1.165) is 36.1 Å². The second-order valence-corrected chi connectivity index (χ2v) is 5.43. The number of ether oxygens (including phenoxy) is 2. The van der Waals surface area contributed by atoms with Crippen LogP contribution in [0.3, 0.4) is 0 Å². The molecule has 0 N–H and O–H groups in total. The van der Waals surface area contributed by atoms with Gasteiger partial charge in [-0.25, -0.2) is 0 Å². The lowest BCUT2D eigenvalue weighted by Crippen LogP contribution is -2.01. The molecule has 2 atom stereocenters. The summed E-state index contributed by atoms with van der Waals surface area (Å²) in [6.45, 7) is 5.03. The van der Waals surface area contributed by atoms with Crippen molar-refractivity contribution in [3.05, 3.63) is 28.2 Å². The van der Waals surface area contributed by atoms with Gasteiger partial charge in [-0.2, -0.15) is 0 Å². The molecule has 0 radical (unpaired) electrons. The zero-order chi connectivity index (χ0) is 12.3. The minimum absolute atomic E-state index is 0.446. The molecule has 1 aromatic rings. The van der Waals surface area contributed by atoms with Gasteiger partial charge in [0.25, 0.3) is 0 Å². The molecule has 1 saturated heterocycles. The van der Waals surface area contributed by atoms with Gasteiger partial charge in [0, 0.05) is 4.47 Å². The molecule has 0 aliphatic carbocycles. The van der Waals surface area contributed by atoms with Crippen LogP contribution in [0.25, 0.3) is 0 Å². The molecule has 1 aromatic carbocycles. The van der Waals surface area contributed by atoms with Crippen LogP contribution in [0.15, 0.2) is 22.7 Å². The first-order chi connectivity index (χ1) is 8.20. The van der Waals surface area contributed by atoms with Crippen LogP contribution in [0.2, 0.25) is 0 Å². The fourth-order valence-corrected chi connectivity index (χ4v) is 2.34. The first-order valence-corrected chi connectivity index (χ1v) is 7.06. The Bertz CT molecular complexity index is 378. The SMILES string of the molecule is CCCOc1ccc(Br)cc1CCC1OC1C. The third-order valence-corrected chi connectivity index (χ3v) is 3.51. The topological polar surface area (TPSA) is 21.8 Å². The molecule has 17 heavy (non-hydrogen) atoms.